The average molecular weight is 277 g/mol. The third-order valence-electron chi connectivity index (χ3n) is 2.58. The first-order valence-corrected chi connectivity index (χ1v) is 6.18. The number of nitrogens with zero attached hydrogens (tertiary/aromatic N) is 2. The topological polar surface area (TPSA) is 90.3 Å². The maximum Gasteiger partial charge on any atom is 0.514 e. The summed E-state index contributed by atoms with van der Waals surface area (Å²) in [6, 6.07) is 5.65. The van der Waals surface area contributed by atoms with Gasteiger partial charge < -0.3 is 15.2 Å². The summed E-state index contributed by atoms with van der Waals surface area (Å²) in [6.07, 6.45) is -0.858. The number of hydrogen-bond donors (Lipinski definition) is 1. The molecule has 0 atom stereocenters. The lowest BCUT2D eigenvalue weighted by molar-refractivity contribution is 0.119. The molecule has 2 N–H and O–H groups in total. The van der Waals surface area contributed by atoms with Crippen molar-refractivity contribution < 1.29 is 14.3 Å². The monoisotopic (exact) mass is 277 g/mol. The number of nitriles is 1. The molecule has 2 aromatic rings. The Labute approximate surface area is 113 Å². The zero-order chi connectivity index (χ0) is 14.0. The maximum atomic E-state index is 11.3. The zero-order valence-corrected chi connectivity index (χ0v) is 11.2. The van der Waals surface area contributed by atoms with E-state index in [1.807, 2.05) is 23.6 Å². The second-order valence-electron chi connectivity index (χ2n) is 3.65. The molecule has 0 aliphatic heterocycles. The molecule has 0 amide bonds. The van der Waals surface area contributed by atoms with Crippen molar-refractivity contribution in [3.05, 3.63) is 28.6 Å². The summed E-state index contributed by atoms with van der Waals surface area (Å²) in [5, 5.41) is 11.7. The van der Waals surface area contributed by atoms with Crippen LogP contribution in [0.2, 0.25) is 0 Å². The maximum absolute atomic E-state index is 11.3. The van der Waals surface area contributed by atoms with Crippen molar-refractivity contribution in [3.63, 3.8) is 0 Å². The van der Waals surface area contributed by atoms with Crippen molar-refractivity contribution >= 4 is 23.3 Å². The van der Waals surface area contributed by atoms with Gasteiger partial charge in [0.1, 0.15) is 22.5 Å². The van der Waals surface area contributed by atoms with Gasteiger partial charge in [0.25, 0.3) is 0 Å². The van der Waals surface area contributed by atoms with Crippen LogP contribution in [0.4, 0.5) is 10.6 Å². The van der Waals surface area contributed by atoms with Gasteiger partial charge in [0.15, 0.2) is 0 Å². The second kappa shape index (κ2) is 5.04. The molecule has 2 heterocycles. The van der Waals surface area contributed by atoms with Crippen LogP contribution < -0.4 is 10.5 Å². The van der Waals surface area contributed by atoms with E-state index in [4.69, 9.17) is 15.7 Å². The molecule has 0 spiro atoms. The van der Waals surface area contributed by atoms with E-state index in [9.17, 15) is 4.79 Å². The molecule has 0 fully saturated rings. The Morgan fingerprint density at radius 1 is 1.58 bits per heavy atom. The average Bonchev–Trinajstić information content (AvgIpc) is 2.98. The van der Waals surface area contributed by atoms with Crippen molar-refractivity contribution in [2.45, 2.75) is 6.92 Å². The highest BCUT2D eigenvalue weighted by atomic mass is 32.1. The molecule has 0 unspecified atom stereocenters. The third kappa shape index (κ3) is 2.13. The summed E-state index contributed by atoms with van der Waals surface area (Å²) in [4.78, 5) is 11.3. The highest BCUT2D eigenvalue weighted by molar-refractivity contribution is 7.12. The Hall–Kier alpha value is -2.46. The van der Waals surface area contributed by atoms with Crippen LogP contribution in [0.5, 0.6) is 5.88 Å². The normalized spacial score (nSPS) is 9.95. The van der Waals surface area contributed by atoms with Gasteiger partial charge in [-0.25, -0.2) is 4.79 Å². The largest absolute Gasteiger partial charge is 0.514 e. The van der Waals surface area contributed by atoms with E-state index in [-0.39, 0.29) is 17.3 Å². The fourth-order valence-corrected chi connectivity index (χ4v) is 2.43. The second-order valence-corrected chi connectivity index (χ2v) is 4.57. The molecule has 0 saturated heterocycles. The van der Waals surface area contributed by atoms with Crippen molar-refractivity contribution in [1.29, 1.82) is 5.26 Å². The predicted molar refractivity (Wildman–Crippen MR) is 70.5 cm³/mol. The van der Waals surface area contributed by atoms with Gasteiger partial charge in [-0.1, -0.05) is 0 Å². The van der Waals surface area contributed by atoms with E-state index in [1.165, 1.54) is 23.0 Å². The molecule has 0 bridgehead atoms. The summed E-state index contributed by atoms with van der Waals surface area (Å²) in [6.45, 7) is 1.66. The fourth-order valence-electron chi connectivity index (χ4n) is 1.69. The number of thiophene rings is 1. The summed E-state index contributed by atoms with van der Waals surface area (Å²) in [7, 11) is 1.21. The van der Waals surface area contributed by atoms with Crippen LogP contribution in [-0.2, 0) is 4.74 Å². The Morgan fingerprint density at radius 2 is 2.32 bits per heavy atom. The van der Waals surface area contributed by atoms with Crippen LogP contribution in [0.15, 0.2) is 17.5 Å². The van der Waals surface area contributed by atoms with Crippen LogP contribution in [0.1, 0.15) is 11.1 Å². The Kier molecular flexibility index (Phi) is 3.44. The molecule has 0 aliphatic carbocycles. The lowest BCUT2D eigenvalue weighted by Crippen LogP contribution is -2.11. The number of aromatic nitrogens is 1. The van der Waals surface area contributed by atoms with E-state index >= 15 is 0 Å². The van der Waals surface area contributed by atoms with Crippen molar-refractivity contribution in [1.82, 2.24) is 4.57 Å². The quantitative estimate of drug-likeness (QED) is 0.851. The minimum Gasteiger partial charge on any atom is -0.437 e. The van der Waals surface area contributed by atoms with Crippen molar-refractivity contribution in [2.24, 2.45) is 0 Å². The van der Waals surface area contributed by atoms with Crippen molar-refractivity contribution in [3.8, 4) is 17.0 Å². The van der Waals surface area contributed by atoms with Gasteiger partial charge in [-0.3, -0.25) is 4.57 Å². The van der Waals surface area contributed by atoms with Crippen LogP contribution in [-0.4, -0.2) is 17.8 Å². The van der Waals surface area contributed by atoms with Crippen LogP contribution in [0, 0.1) is 18.3 Å². The molecule has 2 aromatic heterocycles. The lowest BCUT2D eigenvalue weighted by Gasteiger charge is -2.08. The number of carbonyl (C=O) groups excluding carboxylic acids is 1. The number of carbonyl (C=O) groups is 1. The SMILES string of the molecule is COC(=O)Oc1c(C)c(C#N)c(N)n1-c1cccs1. The van der Waals surface area contributed by atoms with E-state index in [0.29, 0.717) is 5.56 Å². The van der Waals surface area contributed by atoms with Crippen LogP contribution in [0.25, 0.3) is 5.00 Å². The molecule has 7 heteroatoms. The third-order valence-corrected chi connectivity index (χ3v) is 3.43. The Balaban J connectivity index is 2.64. The van der Waals surface area contributed by atoms with Gasteiger partial charge in [0, 0.05) is 5.56 Å². The number of nitrogens with two attached hydrogens (primary N) is 1. The van der Waals surface area contributed by atoms with Gasteiger partial charge in [-0.15, -0.1) is 11.3 Å². The predicted octanol–water partition coefficient (Wildman–Crippen LogP) is 2.45. The van der Waals surface area contributed by atoms with E-state index in [0.717, 1.165) is 5.00 Å². The molecule has 19 heavy (non-hydrogen) atoms. The Bertz CT molecular complexity index is 653. The highest BCUT2D eigenvalue weighted by Gasteiger charge is 2.23. The first kappa shape index (κ1) is 13.0. The lowest BCUT2D eigenvalue weighted by atomic mass is 10.2. The molecule has 0 saturated carbocycles. The molecule has 0 radical (unpaired) electrons. The number of rotatable bonds is 2. The fraction of sp³-hybridized carbons (Fsp3) is 0.167. The van der Waals surface area contributed by atoms with Crippen LogP contribution >= 0.6 is 11.3 Å². The van der Waals surface area contributed by atoms with Gasteiger partial charge in [-0.2, -0.15) is 5.26 Å². The first-order valence-electron chi connectivity index (χ1n) is 5.30. The van der Waals surface area contributed by atoms with Crippen LogP contribution in [0.3, 0.4) is 0 Å². The molecule has 98 valence electrons. The van der Waals surface area contributed by atoms with Gasteiger partial charge >= 0.3 is 6.16 Å². The van der Waals surface area contributed by atoms with E-state index in [1.54, 1.807) is 6.92 Å². The summed E-state index contributed by atoms with van der Waals surface area (Å²) >= 11 is 1.41. The molecule has 6 nitrogen and oxygen atoms in total. The minimum atomic E-state index is -0.858. The van der Waals surface area contributed by atoms with Gasteiger partial charge in [0.2, 0.25) is 5.88 Å². The minimum absolute atomic E-state index is 0.198. The van der Waals surface area contributed by atoms with E-state index in [2.05, 4.69) is 4.74 Å². The van der Waals surface area contributed by atoms with Gasteiger partial charge in [-0.05, 0) is 24.4 Å². The molecular formula is C12H11N3O3S. The molecule has 0 aromatic carbocycles. The number of ether oxygens (including phenoxy) is 2. The van der Waals surface area contributed by atoms with E-state index < -0.39 is 6.16 Å². The standard InChI is InChI=1S/C12H11N3O3S/c1-7-8(6-13)10(14)15(9-4-3-5-19-9)11(7)18-12(16)17-2/h3-5H,14H2,1-2H3. The number of nitrogen functional groups attached to an aromatic ring is 1. The zero-order valence-electron chi connectivity index (χ0n) is 10.3. The molecule has 2 rings (SSSR count). The summed E-state index contributed by atoms with van der Waals surface area (Å²) < 4.78 is 11.1. The summed E-state index contributed by atoms with van der Waals surface area (Å²) in [5.41, 5.74) is 6.72. The number of hydrogen-bond acceptors (Lipinski definition) is 6. The first-order chi connectivity index (χ1) is 9.10. The van der Waals surface area contributed by atoms with Crippen molar-refractivity contribution in [2.75, 3.05) is 12.8 Å². The Morgan fingerprint density at radius 3 is 2.84 bits per heavy atom. The molecular weight excluding hydrogens is 266 g/mol. The summed E-state index contributed by atoms with van der Waals surface area (Å²) in [5.74, 6) is 0.435. The smallest absolute Gasteiger partial charge is 0.437 e. The number of anilines is 1. The molecule has 0 aliphatic rings. The number of methoxy groups -OCH3 is 1. The highest BCUT2D eigenvalue weighted by Crippen LogP contribution is 2.35. The van der Waals surface area contributed by atoms with Gasteiger partial charge in [0.05, 0.1) is 7.11 Å².